The Bertz CT molecular complexity index is 1570. The van der Waals surface area contributed by atoms with E-state index in [-0.39, 0.29) is 0 Å². The summed E-state index contributed by atoms with van der Waals surface area (Å²) in [4.78, 5) is 9.22. The lowest BCUT2D eigenvalue weighted by Crippen LogP contribution is -1.98. The third kappa shape index (κ3) is 4.22. The van der Waals surface area contributed by atoms with Gasteiger partial charge in [0, 0.05) is 22.9 Å². The number of aromatic nitrogens is 3. The summed E-state index contributed by atoms with van der Waals surface area (Å²) in [5.74, 6) is 3.41. The fraction of sp³-hybridized carbons (Fsp3) is 0.214. The average Bonchev–Trinajstić information content (AvgIpc) is 3.63. The lowest BCUT2D eigenvalue weighted by molar-refractivity contribution is 0.324. The fourth-order valence-corrected chi connectivity index (χ4v) is 5.43. The first kappa shape index (κ1) is 25.2. The van der Waals surface area contributed by atoms with Crippen LogP contribution in [0.15, 0.2) is 55.0 Å². The van der Waals surface area contributed by atoms with Crippen molar-refractivity contribution in [3.05, 3.63) is 55.0 Å². The van der Waals surface area contributed by atoms with Gasteiger partial charge in [0.1, 0.15) is 9.71 Å². The molecule has 0 bridgehead atoms. The smallest absolute Gasteiger partial charge is 0.204 e. The van der Waals surface area contributed by atoms with Crippen LogP contribution in [0.3, 0.4) is 0 Å². The van der Waals surface area contributed by atoms with Crippen molar-refractivity contribution in [2.45, 2.75) is 0 Å². The van der Waals surface area contributed by atoms with E-state index in [1.807, 2.05) is 47.0 Å². The Morgan fingerprint density at radius 1 is 0.658 bits per heavy atom. The monoisotopic (exact) mass is 533 g/mol. The molecule has 5 aromatic rings. The van der Waals surface area contributed by atoms with Crippen molar-refractivity contribution in [1.82, 2.24) is 14.5 Å². The lowest BCUT2D eigenvalue weighted by Gasteiger charge is -2.15. The van der Waals surface area contributed by atoms with Gasteiger partial charge < -0.3 is 28.4 Å². The number of hydrogen-bond acceptors (Lipinski definition) is 9. The highest BCUT2D eigenvalue weighted by Gasteiger charge is 2.20. The van der Waals surface area contributed by atoms with E-state index in [0.29, 0.717) is 34.5 Å². The Morgan fingerprint density at radius 2 is 1.26 bits per heavy atom. The number of ether oxygens (including phenoxy) is 6. The number of hydrogen-bond donors (Lipinski definition) is 0. The molecule has 10 heteroatoms. The maximum atomic E-state index is 5.64. The van der Waals surface area contributed by atoms with Gasteiger partial charge in [0.15, 0.2) is 23.0 Å². The topological polar surface area (TPSA) is 86.1 Å². The lowest BCUT2D eigenvalue weighted by atomic mass is 10.1. The number of rotatable bonds is 9. The van der Waals surface area contributed by atoms with Crippen LogP contribution in [-0.4, -0.2) is 57.2 Å². The third-order valence-corrected chi connectivity index (χ3v) is 7.30. The highest BCUT2D eigenvalue weighted by molar-refractivity contribution is 7.22. The van der Waals surface area contributed by atoms with E-state index in [1.54, 1.807) is 55.2 Å². The molecule has 0 fully saturated rings. The first-order valence-corrected chi connectivity index (χ1v) is 12.4. The molecule has 0 spiro atoms. The Kier molecular flexibility index (Phi) is 6.97. The second-order valence-electron chi connectivity index (χ2n) is 8.12. The highest BCUT2D eigenvalue weighted by atomic mass is 32.1. The average molecular weight is 534 g/mol. The normalized spacial score (nSPS) is 10.9. The molecule has 2 aromatic heterocycles. The van der Waals surface area contributed by atoms with Crippen LogP contribution in [0.2, 0.25) is 0 Å². The molecule has 2 heterocycles. The molecule has 3 aromatic carbocycles. The van der Waals surface area contributed by atoms with Crippen molar-refractivity contribution in [1.29, 1.82) is 0 Å². The van der Waals surface area contributed by atoms with Crippen LogP contribution in [0.4, 0.5) is 0 Å². The van der Waals surface area contributed by atoms with Gasteiger partial charge in [-0.2, -0.15) is 0 Å². The van der Waals surface area contributed by atoms with E-state index in [2.05, 4.69) is 4.98 Å². The molecule has 0 aliphatic carbocycles. The summed E-state index contributed by atoms with van der Waals surface area (Å²) >= 11 is 1.53. The maximum Gasteiger partial charge on any atom is 0.204 e. The van der Waals surface area contributed by atoms with Gasteiger partial charge >= 0.3 is 0 Å². The van der Waals surface area contributed by atoms with Crippen LogP contribution in [0.5, 0.6) is 34.5 Å². The van der Waals surface area contributed by atoms with Crippen molar-refractivity contribution in [2.24, 2.45) is 0 Å². The number of methoxy groups -OCH3 is 6. The Labute approximate surface area is 224 Å². The van der Waals surface area contributed by atoms with Crippen molar-refractivity contribution in [3.63, 3.8) is 0 Å². The Balaban J connectivity index is 1.53. The molecule has 0 atom stereocenters. The molecular weight excluding hydrogens is 506 g/mol. The minimum Gasteiger partial charge on any atom is -0.493 e. The summed E-state index contributed by atoms with van der Waals surface area (Å²) < 4.78 is 36.1. The van der Waals surface area contributed by atoms with Crippen LogP contribution in [0, 0.1) is 0 Å². The quantitative estimate of drug-likeness (QED) is 0.233. The molecule has 0 unspecified atom stereocenters. The molecule has 38 heavy (non-hydrogen) atoms. The molecule has 0 amide bonds. The van der Waals surface area contributed by atoms with Gasteiger partial charge in [0.2, 0.25) is 11.5 Å². The molecule has 0 saturated carbocycles. The first-order valence-electron chi connectivity index (χ1n) is 11.6. The van der Waals surface area contributed by atoms with Crippen LogP contribution >= 0.6 is 11.3 Å². The summed E-state index contributed by atoms with van der Waals surface area (Å²) in [7, 11) is 9.58. The minimum absolute atomic E-state index is 0.539. The zero-order valence-corrected chi connectivity index (χ0v) is 22.7. The molecule has 0 saturated heterocycles. The summed E-state index contributed by atoms with van der Waals surface area (Å²) in [5, 5.41) is 0.857. The minimum atomic E-state index is 0.539. The van der Waals surface area contributed by atoms with Crippen molar-refractivity contribution in [3.8, 4) is 62.0 Å². The van der Waals surface area contributed by atoms with E-state index in [4.69, 9.17) is 33.4 Å². The highest BCUT2D eigenvalue weighted by Crippen LogP contribution is 2.47. The summed E-state index contributed by atoms with van der Waals surface area (Å²) in [6, 6.07) is 13.8. The molecule has 0 aliphatic heterocycles. The number of thiazole rings is 1. The number of fused-ring (bicyclic) bond motifs is 1. The largest absolute Gasteiger partial charge is 0.493 e. The molecule has 0 radical (unpaired) electrons. The molecular formula is C28H27N3O6S. The summed E-state index contributed by atoms with van der Waals surface area (Å²) in [6.45, 7) is 0. The summed E-state index contributed by atoms with van der Waals surface area (Å²) in [6.07, 6.45) is 3.57. The van der Waals surface area contributed by atoms with Gasteiger partial charge in [0.25, 0.3) is 0 Å². The van der Waals surface area contributed by atoms with Crippen LogP contribution in [-0.2, 0) is 0 Å². The van der Waals surface area contributed by atoms with Crippen molar-refractivity contribution in [2.75, 3.05) is 42.7 Å². The van der Waals surface area contributed by atoms with Gasteiger partial charge in [-0.3, -0.25) is 4.57 Å². The second-order valence-corrected chi connectivity index (χ2v) is 9.12. The molecule has 0 aliphatic rings. The van der Waals surface area contributed by atoms with Gasteiger partial charge in [0.05, 0.1) is 66.4 Å². The maximum absolute atomic E-state index is 5.64. The number of imidazole rings is 1. The SMILES string of the molecule is COc1cc(-c2cncn2-c2ccc(-c3nc4cc(OC)c(OC)c(OC)c4s3)cc2)cc(OC)c1OC. The van der Waals surface area contributed by atoms with Crippen molar-refractivity contribution < 1.29 is 28.4 Å². The summed E-state index contributed by atoms with van der Waals surface area (Å²) in [5.41, 5.74) is 4.45. The number of nitrogens with zero attached hydrogens (tertiary/aromatic N) is 3. The fourth-order valence-electron chi connectivity index (χ4n) is 4.36. The van der Waals surface area contributed by atoms with Crippen molar-refractivity contribution >= 4 is 21.6 Å². The first-order chi connectivity index (χ1) is 18.6. The molecule has 5 rings (SSSR count). The van der Waals surface area contributed by atoms with E-state index >= 15 is 0 Å². The zero-order chi connectivity index (χ0) is 26.8. The van der Waals surface area contributed by atoms with Gasteiger partial charge in [-0.1, -0.05) is 0 Å². The molecule has 0 N–H and O–H groups in total. The van der Waals surface area contributed by atoms with Crippen LogP contribution in [0.25, 0.3) is 37.7 Å². The van der Waals surface area contributed by atoms with Gasteiger partial charge in [-0.25, -0.2) is 9.97 Å². The predicted octanol–water partition coefficient (Wildman–Crippen LogP) is 5.87. The Hall–Kier alpha value is -4.44. The van der Waals surface area contributed by atoms with E-state index in [9.17, 15) is 0 Å². The zero-order valence-electron chi connectivity index (χ0n) is 21.9. The van der Waals surface area contributed by atoms with E-state index < -0.39 is 0 Å². The van der Waals surface area contributed by atoms with Crippen LogP contribution in [0.1, 0.15) is 0 Å². The number of benzene rings is 3. The van der Waals surface area contributed by atoms with Gasteiger partial charge in [-0.05, 0) is 36.4 Å². The van der Waals surface area contributed by atoms with E-state index in [1.165, 1.54) is 11.3 Å². The molecule has 9 nitrogen and oxygen atoms in total. The standard InChI is InChI=1S/C28H27N3O6S/c1-32-21-11-17(12-22(33-2)24(21)35-4)20-14-29-15-31(20)18-9-7-16(8-10-18)28-30-19-13-23(34-3)25(36-5)26(37-6)27(19)38-28/h7-15H,1-6H3. The predicted molar refractivity (Wildman–Crippen MR) is 147 cm³/mol. The Morgan fingerprint density at radius 3 is 1.84 bits per heavy atom. The van der Waals surface area contributed by atoms with Crippen LogP contribution < -0.4 is 28.4 Å². The second kappa shape index (κ2) is 10.5. The molecule has 196 valence electrons. The van der Waals surface area contributed by atoms with Gasteiger partial charge in [-0.15, -0.1) is 11.3 Å². The third-order valence-electron chi connectivity index (χ3n) is 6.18. The van der Waals surface area contributed by atoms with E-state index in [0.717, 1.165) is 37.7 Å².